The van der Waals surface area contributed by atoms with Crippen LogP contribution in [0.2, 0.25) is 0 Å². The minimum Gasteiger partial charge on any atom is -0.472 e. The van der Waals surface area contributed by atoms with Crippen molar-refractivity contribution in [3.63, 3.8) is 0 Å². The number of nitrogens with two attached hydrogens (primary N) is 5. The highest BCUT2D eigenvalue weighted by Crippen LogP contribution is 2.33. The smallest absolute Gasteiger partial charge is 0.185 e. The summed E-state index contributed by atoms with van der Waals surface area (Å²) in [5, 5.41) is 16.7. The number of hydrogen-bond acceptors (Lipinski definition) is 27. The molecule has 5 fully saturated rings. The zero-order chi connectivity index (χ0) is 94.6. The van der Waals surface area contributed by atoms with E-state index in [2.05, 4.69) is 117 Å². The highest BCUT2D eigenvalue weighted by atomic mass is 16.3. The molecule has 6 aromatic carbocycles. The molecule has 0 bridgehead atoms. The molecule has 20 rings (SSSR count). The molecule has 7 aromatic heterocycles. The zero-order valence-corrected chi connectivity index (χ0v) is 77.1. The van der Waals surface area contributed by atoms with Crippen molar-refractivity contribution < 1.29 is 28.4 Å². The van der Waals surface area contributed by atoms with Crippen LogP contribution < -0.4 is 79.8 Å². The Morgan fingerprint density at radius 2 is 0.620 bits per heavy atom. The van der Waals surface area contributed by atoms with Crippen molar-refractivity contribution in [2.75, 3.05) is 184 Å². The van der Waals surface area contributed by atoms with Gasteiger partial charge in [0.25, 0.3) is 0 Å². The number of benzene rings is 6. The van der Waals surface area contributed by atoms with Crippen LogP contribution in [0.1, 0.15) is 104 Å². The average molecular weight is 1830 g/mol. The molecule has 698 valence electrons. The van der Waals surface area contributed by atoms with Gasteiger partial charge in [0.2, 0.25) is 0 Å². The van der Waals surface area contributed by atoms with E-state index in [9.17, 15) is 24.0 Å². The van der Waals surface area contributed by atoms with E-state index in [4.69, 9.17) is 33.1 Å². The molecule has 0 radical (unpaired) electrons. The van der Waals surface area contributed by atoms with Crippen LogP contribution in [-0.4, -0.2) is 190 Å². The number of hydrogen-bond donors (Lipinski definition) is 10. The number of carbonyl (C=O) groups is 5. The van der Waals surface area contributed by atoms with E-state index in [1.807, 2.05) is 194 Å². The van der Waals surface area contributed by atoms with Crippen molar-refractivity contribution in [1.29, 1.82) is 0 Å². The second-order valence-electron chi connectivity index (χ2n) is 34.5. The molecule has 0 saturated carbocycles. The fourth-order valence-corrected chi connectivity index (χ4v) is 17.3. The van der Waals surface area contributed by atoms with Gasteiger partial charge in [-0.3, -0.25) is 48.9 Å². The lowest BCUT2D eigenvalue weighted by atomic mass is 9.98. The SMILES string of the molecule is Nc1ccc(-c2ccccc2)cc1CC(=O)c1ccc(N2CCNCC2)cn1.Nc1ccc(-c2ccncc2)cc1CC(=O)c1ccc(N2CCNCC2)nc1.Nc1ccc(-c2ccoc2)cc1CC(=O)c1ccc(N2CCNCC2)cn1.Nc1ccc(C2=CC=CC2)cc1CC(=O)c1ccc(N2CCNCC2)cn1.Nc1ccc(C2=CC=CC2)cc1CC(=O)c1ccc(N2CCNCC2)cn1. The first-order chi connectivity index (χ1) is 67.0. The number of nitrogen functional groups attached to an aromatic ring is 5. The number of piperazine rings is 5. The summed E-state index contributed by atoms with van der Waals surface area (Å²) < 4.78 is 5.13. The molecule has 7 aliphatic rings. The molecule has 27 heteroatoms. The molecule has 0 amide bonds. The van der Waals surface area contributed by atoms with Crippen molar-refractivity contribution >= 4 is 97.1 Å². The summed E-state index contributed by atoms with van der Waals surface area (Å²) >= 11 is 0. The van der Waals surface area contributed by atoms with Gasteiger partial charge in [-0.1, -0.05) is 97.1 Å². The topological polar surface area (TPSA) is 382 Å². The minimum atomic E-state index is -0.0436. The van der Waals surface area contributed by atoms with Crippen molar-refractivity contribution in [1.82, 2.24) is 56.5 Å². The van der Waals surface area contributed by atoms with E-state index in [1.165, 1.54) is 11.1 Å². The third kappa shape index (κ3) is 25.8. The van der Waals surface area contributed by atoms with Gasteiger partial charge in [-0.2, -0.15) is 0 Å². The predicted molar refractivity (Wildman–Crippen MR) is 551 cm³/mol. The highest BCUT2D eigenvalue weighted by molar-refractivity contribution is 6.00. The van der Waals surface area contributed by atoms with Gasteiger partial charge < -0.3 is 84.2 Å². The number of anilines is 10. The molecule has 5 saturated heterocycles. The van der Waals surface area contributed by atoms with E-state index < -0.39 is 0 Å². The van der Waals surface area contributed by atoms with Gasteiger partial charge in [0.1, 0.15) is 28.6 Å². The van der Waals surface area contributed by atoms with E-state index in [-0.39, 0.29) is 61.0 Å². The van der Waals surface area contributed by atoms with Crippen molar-refractivity contribution in [3.05, 3.63) is 360 Å². The number of nitrogens with zero attached hydrogens (tertiary/aromatic N) is 11. The van der Waals surface area contributed by atoms with E-state index in [0.717, 1.165) is 245 Å². The van der Waals surface area contributed by atoms with E-state index in [1.54, 1.807) is 62.0 Å². The van der Waals surface area contributed by atoms with Gasteiger partial charge in [0.05, 0.1) is 60.1 Å². The number of nitrogens with one attached hydrogen (secondary N) is 5. The molecule has 27 nitrogen and oxygen atoms in total. The second-order valence-corrected chi connectivity index (χ2v) is 34.5. The molecule has 13 aromatic rings. The lowest BCUT2D eigenvalue weighted by molar-refractivity contribution is 0.0980. The van der Waals surface area contributed by atoms with Crippen LogP contribution in [0.15, 0.2) is 297 Å². The van der Waals surface area contributed by atoms with Crippen LogP contribution in [0, 0.1) is 0 Å². The fourth-order valence-electron chi connectivity index (χ4n) is 17.3. The zero-order valence-electron chi connectivity index (χ0n) is 77.1. The number of furan rings is 1. The number of carbonyl (C=O) groups excluding carboxylic acids is 5. The van der Waals surface area contributed by atoms with Crippen LogP contribution in [0.4, 0.5) is 57.0 Å². The molecule has 137 heavy (non-hydrogen) atoms. The first-order valence-corrected chi connectivity index (χ1v) is 46.9. The Bertz CT molecular complexity index is 6090. The van der Waals surface area contributed by atoms with Gasteiger partial charge >= 0.3 is 0 Å². The Labute approximate surface area is 799 Å². The normalized spacial score (nSPS) is 15.1. The minimum absolute atomic E-state index is 0.00997. The number of ketones is 5. The standard InChI is InChI=1S/C23H24N4O.C22H23N5O.2C22H24N4O.C21H22N4O2/c24-21-8-6-18(17-4-2-1-3-5-17)14-19(21)15-23(28)22-9-7-20(16-26-22)27-12-10-25-11-13-27;23-20-3-1-17(16-5-7-24-8-6-16)13-19(20)14-21(28)18-2-4-22(26-15-18)27-11-9-25-10-12-27;2*23-20-7-5-17(16-3-1-2-4-16)13-18(20)14-22(27)21-8-6-19(15-25-21)26-11-9-24-10-12-26;22-19-3-1-15(16-5-10-27-14-16)11-17(19)12-21(26)20-4-2-18(13-24-20)25-8-6-23-7-9-25/h1-9,14,16,25H,10-13,15,24H2;1-8,13,15,25H,9-12,14,23H2;2*1-3,5-8,13,15,24H,4,9-12,14,23H2;1-5,10-11,13-14,23H,6-9,12,22H2. The maximum absolute atomic E-state index is 12.8. The number of rotatable bonds is 25. The fraction of sp³-hybridized carbons (Fsp3) is 0.245. The molecule has 0 atom stereocenters. The maximum Gasteiger partial charge on any atom is 0.185 e. The van der Waals surface area contributed by atoms with Gasteiger partial charge in [0.15, 0.2) is 28.9 Å². The molecule has 0 spiro atoms. The molecular weight excluding hydrogens is 1710 g/mol. The number of allylic oxidation sites excluding steroid dienone is 8. The number of Topliss-reactive ketones (excluding diaryl/α,β-unsaturated/α-hetero) is 5. The van der Waals surface area contributed by atoms with E-state index in [0.29, 0.717) is 56.8 Å². The van der Waals surface area contributed by atoms with Gasteiger partial charge in [-0.05, 0) is 230 Å². The van der Waals surface area contributed by atoms with Crippen LogP contribution in [0.3, 0.4) is 0 Å². The van der Waals surface area contributed by atoms with Crippen molar-refractivity contribution in [3.8, 4) is 33.4 Å². The number of aromatic nitrogens is 6. The molecule has 5 aliphatic heterocycles. The first kappa shape index (κ1) is 94.8. The van der Waals surface area contributed by atoms with Gasteiger partial charge in [0, 0.05) is 221 Å². The monoisotopic (exact) mass is 1830 g/mol. The largest absolute Gasteiger partial charge is 0.472 e. The Morgan fingerprint density at radius 1 is 0.299 bits per heavy atom. The van der Waals surface area contributed by atoms with Crippen molar-refractivity contribution in [2.45, 2.75) is 44.9 Å². The summed E-state index contributed by atoms with van der Waals surface area (Å²) in [6.07, 6.45) is 31.3. The third-order valence-electron chi connectivity index (χ3n) is 25.3. The second kappa shape index (κ2) is 47.0. The highest BCUT2D eigenvalue weighted by Gasteiger charge is 2.24. The first-order valence-electron chi connectivity index (χ1n) is 46.9. The Morgan fingerprint density at radius 3 is 0.927 bits per heavy atom. The Kier molecular flexibility index (Phi) is 32.5. The molecule has 15 N–H and O–H groups in total. The summed E-state index contributed by atoms with van der Waals surface area (Å²) in [6.45, 7) is 19.2. The summed E-state index contributed by atoms with van der Waals surface area (Å²) in [6, 6.07) is 64.0. The summed E-state index contributed by atoms with van der Waals surface area (Å²) in [4.78, 5) is 101. The summed E-state index contributed by atoms with van der Waals surface area (Å²) in [5.74, 6) is 0.838. The molecule has 12 heterocycles. The molecule has 2 aliphatic carbocycles. The van der Waals surface area contributed by atoms with Crippen LogP contribution in [-0.2, 0) is 32.1 Å². The average Bonchev–Trinajstić information content (AvgIpc) is 1.70. The van der Waals surface area contributed by atoms with Crippen molar-refractivity contribution in [2.24, 2.45) is 0 Å². The summed E-state index contributed by atoms with van der Waals surface area (Å²) in [5.41, 5.74) is 55.6. The predicted octanol–water partition coefficient (Wildman–Crippen LogP) is 14.2. The lowest BCUT2D eigenvalue weighted by Crippen LogP contribution is -2.43. The van der Waals surface area contributed by atoms with Crippen LogP contribution in [0.25, 0.3) is 44.5 Å². The van der Waals surface area contributed by atoms with Gasteiger partial charge in [-0.15, -0.1) is 0 Å². The summed E-state index contributed by atoms with van der Waals surface area (Å²) in [7, 11) is 0. The van der Waals surface area contributed by atoms with E-state index >= 15 is 0 Å². The quantitative estimate of drug-likeness (QED) is 0.0188. The van der Waals surface area contributed by atoms with Crippen LogP contribution in [0.5, 0.6) is 0 Å². The number of pyridine rings is 6. The Balaban J connectivity index is 0.000000124. The lowest BCUT2D eigenvalue weighted by Gasteiger charge is -2.29. The van der Waals surface area contributed by atoms with Crippen LogP contribution >= 0.6 is 0 Å². The third-order valence-corrected chi connectivity index (χ3v) is 25.3. The molecular formula is C110H117N21O6. The maximum atomic E-state index is 12.8. The Hall–Kier alpha value is -15.4. The molecule has 0 unspecified atom stereocenters. The van der Waals surface area contributed by atoms with Gasteiger partial charge in [-0.25, -0.2) is 4.98 Å².